The van der Waals surface area contributed by atoms with Crippen LogP contribution in [0.1, 0.15) is 23.2 Å². The summed E-state index contributed by atoms with van der Waals surface area (Å²) in [5.74, 6) is 0.423. The molecule has 5 nitrogen and oxygen atoms in total. The van der Waals surface area contributed by atoms with E-state index in [2.05, 4.69) is 15.0 Å². The summed E-state index contributed by atoms with van der Waals surface area (Å²) in [6.45, 7) is 0. The molecule has 0 unspecified atom stereocenters. The molecule has 0 aromatic carbocycles. The van der Waals surface area contributed by atoms with Gasteiger partial charge < -0.3 is 9.32 Å². The van der Waals surface area contributed by atoms with Crippen LogP contribution in [-0.2, 0) is 7.59 Å². The molecule has 0 radical (unpaired) electrons. The fourth-order valence-electron chi connectivity index (χ4n) is 1.68. The first-order valence-electron chi connectivity index (χ1n) is 6.32. The Morgan fingerprint density at radius 2 is 1.46 bits per heavy atom. The Bertz CT molecular complexity index is 715. The standard InChI is InChI=1S/C13H10Cl6N4O/c1-23(2)7-5-6-24-8(7)3-4-9-20-10(12(14,15)16)22-11(21-9)13(17,18)19/h3-6H,1-2H3/b4-3+. The smallest absolute Gasteiger partial charge is 0.250 e. The summed E-state index contributed by atoms with van der Waals surface area (Å²) in [7, 11) is 3.76. The molecule has 0 amide bonds. The third kappa shape index (κ3) is 5.04. The van der Waals surface area contributed by atoms with Gasteiger partial charge in [-0.15, -0.1) is 0 Å². The van der Waals surface area contributed by atoms with Crippen molar-refractivity contribution < 1.29 is 4.42 Å². The lowest BCUT2D eigenvalue weighted by Gasteiger charge is -2.14. The Morgan fingerprint density at radius 3 is 1.92 bits per heavy atom. The quantitative estimate of drug-likeness (QED) is 0.589. The van der Waals surface area contributed by atoms with Gasteiger partial charge in [0.05, 0.1) is 12.0 Å². The molecule has 24 heavy (non-hydrogen) atoms. The molecule has 2 rings (SSSR count). The molecule has 2 heterocycles. The Balaban J connectivity index is 2.46. The molecule has 0 saturated carbocycles. The highest BCUT2D eigenvalue weighted by Gasteiger charge is 2.33. The first-order chi connectivity index (χ1) is 11.0. The maximum atomic E-state index is 5.82. The summed E-state index contributed by atoms with van der Waals surface area (Å²) in [6.07, 6.45) is 4.74. The van der Waals surface area contributed by atoms with E-state index < -0.39 is 7.59 Å². The molecular formula is C13H10Cl6N4O. The van der Waals surface area contributed by atoms with Gasteiger partial charge in [0.2, 0.25) is 7.59 Å². The minimum absolute atomic E-state index is 0.147. The van der Waals surface area contributed by atoms with Gasteiger partial charge in [-0.2, -0.15) is 0 Å². The molecule has 0 atom stereocenters. The number of rotatable bonds is 3. The molecule has 11 heteroatoms. The van der Waals surface area contributed by atoms with E-state index in [9.17, 15) is 0 Å². The zero-order valence-electron chi connectivity index (χ0n) is 12.3. The summed E-state index contributed by atoms with van der Waals surface area (Å²) < 4.78 is 1.60. The summed E-state index contributed by atoms with van der Waals surface area (Å²) >= 11 is 34.9. The lowest BCUT2D eigenvalue weighted by molar-refractivity contribution is 0.557. The molecule has 0 saturated heterocycles. The average molecular weight is 451 g/mol. The van der Waals surface area contributed by atoms with Gasteiger partial charge >= 0.3 is 0 Å². The first kappa shape index (κ1) is 19.9. The fourth-order valence-corrected chi connectivity index (χ4v) is 2.19. The molecule has 0 N–H and O–H groups in total. The second-order valence-electron chi connectivity index (χ2n) is 4.73. The molecule has 2 aromatic rings. The molecule has 0 aliphatic heterocycles. The minimum Gasteiger partial charge on any atom is -0.463 e. The van der Waals surface area contributed by atoms with Crippen LogP contribution in [-0.4, -0.2) is 29.0 Å². The lowest BCUT2D eigenvalue weighted by atomic mass is 10.3. The van der Waals surface area contributed by atoms with Gasteiger partial charge in [0, 0.05) is 20.2 Å². The van der Waals surface area contributed by atoms with Gasteiger partial charge in [-0.1, -0.05) is 69.6 Å². The second-order valence-corrected chi connectivity index (χ2v) is 9.30. The van der Waals surface area contributed by atoms with Crippen LogP contribution in [0, 0.1) is 0 Å². The van der Waals surface area contributed by atoms with E-state index in [0.29, 0.717) is 5.76 Å². The van der Waals surface area contributed by atoms with Crippen molar-refractivity contribution >= 4 is 87.4 Å². The fraction of sp³-hybridized carbons (Fsp3) is 0.308. The molecular weight excluding hydrogens is 441 g/mol. The van der Waals surface area contributed by atoms with Crippen molar-refractivity contribution in [1.82, 2.24) is 15.0 Å². The minimum atomic E-state index is -1.89. The predicted molar refractivity (Wildman–Crippen MR) is 100 cm³/mol. The van der Waals surface area contributed by atoms with Crippen molar-refractivity contribution in [3.63, 3.8) is 0 Å². The zero-order valence-corrected chi connectivity index (χ0v) is 16.8. The average Bonchev–Trinajstić information content (AvgIpc) is 2.91. The maximum Gasteiger partial charge on any atom is 0.250 e. The van der Waals surface area contributed by atoms with Crippen LogP contribution in [0.2, 0.25) is 0 Å². The number of halogens is 6. The number of alkyl halides is 6. The van der Waals surface area contributed by atoms with Crippen molar-refractivity contribution in [2.75, 3.05) is 19.0 Å². The molecule has 0 aliphatic rings. The maximum absolute atomic E-state index is 5.82. The van der Waals surface area contributed by atoms with Crippen LogP contribution in [0.5, 0.6) is 0 Å². The summed E-state index contributed by atoms with van der Waals surface area (Å²) in [5.41, 5.74) is 0.864. The SMILES string of the molecule is CN(C)c1ccoc1/C=C/c1nc(C(Cl)(Cl)Cl)nc(C(Cl)(Cl)Cl)n1. The van der Waals surface area contributed by atoms with Crippen LogP contribution >= 0.6 is 69.6 Å². The van der Waals surface area contributed by atoms with Crippen molar-refractivity contribution in [2.24, 2.45) is 0 Å². The van der Waals surface area contributed by atoms with E-state index in [-0.39, 0.29) is 17.5 Å². The molecule has 0 aliphatic carbocycles. The van der Waals surface area contributed by atoms with Gasteiger partial charge in [-0.3, -0.25) is 0 Å². The molecule has 0 fully saturated rings. The Hall–Kier alpha value is -0.430. The van der Waals surface area contributed by atoms with Crippen LogP contribution in [0.25, 0.3) is 12.2 Å². The second kappa shape index (κ2) is 7.44. The predicted octanol–water partition coefficient (Wildman–Crippen LogP) is 5.35. The molecule has 2 aromatic heterocycles. The number of nitrogens with zero attached hydrogens (tertiary/aromatic N) is 4. The van der Waals surface area contributed by atoms with Gasteiger partial charge in [-0.25, -0.2) is 15.0 Å². The Labute approximate surface area is 168 Å². The number of hydrogen-bond donors (Lipinski definition) is 0. The number of hydrogen-bond acceptors (Lipinski definition) is 5. The Kier molecular flexibility index (Phi) is 6.17. The van der Waals surface area contributed by atoms with Gasteiger partial charge in [0.25, 0.3) is 0 Å². The van der Waals surface area contributed by atoms with Crippen LogP contribution in [0.4, 0.5) is 5.69 Å². The lowest BCUT2D eigenvalue weighted by Crippen LogP contribution is -2.17. The summed E-state index contributed by atoms with van der Waals surface area (Å²) in [5, 5.41) is 0. The molecule has 0 spiro atoms. The summed E-state index contributed by atoms with van der Waals surface area (Å²) in [6, 6.07) is 1.81. The van der Waals surface area contributed by atoms with E-state index in [1.54, 1.807) is 12.3 Å². The number of aromatic nitrogens is 3. The zero-order chi connectivity index (χ0) is 18.1. The monoisotopic (exact) mass is 448 g/mol. The number of furan rings is 1. The topological polar surface area (TPSA) is 55.1 Å². The van der Waals surface area contributed by atoms with Crippen LogP contribution < -0.4 is 4.90 Å². The van der Waals surface area contributed by atoms with E-state index in [1.165, 1.54) is 6.08 Å². The van der Waals surface area contributed by atoms with Crippen LogP contribution in [0.3, 0.4) is 0 Å². The molecule has 130 valence electrons. The largest absolute Gasteiger partial charge is 0.463 e. The summed E-state index contributed by atoms with van der Waals surface area (Å²) in [4.78, 5) is 13.9. The van der Waals surface area contributed by atoms with Gasteiger partial charge in [-0.05, 0) is 12.2 Å². The highest BCUT2D eigenvalue weighted by molar-refractivity contribution is 6.67. The third-order valence-corrected chi connectivity index (χ3v) is 3.71. The number of anilines is 1. The van der Waals surface area contributed by atoms with Crippen molar-refractivity contribution in [3.8, 4) is 0 Å². The Morgan fingerprint density at radius 1 is 0.917 bits per heavy atom. The first-order valence-corrected chi connectivity index (χ1v) is 8.58. The van der Waals surface area contributed by atoms with Crippen molar-refractivity contribution in [2.45, 2.75) is 7.59 Å². The van der Waals surface area contributed by atoms with E-state index in [0.717, 1.165) is 5.69 Å². The van der Waals surface area contributed by atoms with E-state index in [4.69, 9.17) is 74.0 Å². The highest BCUT2D eigenvalue weighted by atomic mass is 35.6. The van der Waals surface area contributed by atoms with Crippen molar-refractivity contribution in [3.05, 3.63) is 35.6 Å². The van der Waals surface area contributed by atoms with Crippen LogP contribution in [0.15, 0.2) is 16.7 Å². The van der Waals surface area contributed by atoms with Gasteiger partial charge in [0.15, 0.2) is 17.5 Å². The van der Waals surface area contributed by atoms with E-state index in [1.807, 2.05) is 25.1 Å². The van der Waals surface area contributed by atoms with Gasteiger partial charge in [0.1, 0.15) is 5.76 Å². The molecule has 0 bridgehead atoms. The third-order valence-electron chi connectivity index (χ3n) is 2.70. The van der Waals surface area contributed by atoms with E-state index >= 15 is 0 Å². The highest BCUT2D eigenvalue weighted by Crippen LogP contribution is 2.40. The normalized spacial score (nSPS) is 12.8. The van der Waals surface area contributed by atoms with Crippen molar-refractivity contribution in [1.29, 1.82) is 0 Å².